The molecule has 1 heterocycles. The summed E-state index contributed by atoms with van der Waals surface area (Å²) in [6.45, 7) is 1.96. The molecule has 0 aliphatic rings. The summed E-state index contributed by atoms with van der Waals surface area (Å²) in [5.74, 6) is 0.321. The average Bonchev–Trinajstić information content (AvgIpc) is 2.43. The van der Waals surface area contributed by atoms with E-state index in [1.54, 1.807) is 13.1 Å². The van der Waals surface area contributed by atoms with Crippen LogP contribution in [-0.2, 0) is 0 Å². The molecular formula is C14H13BrClN3O. The SMILES string of the molecule is CNc1cc(C(=O)Nc2ccc(Br)c(C)c2)c(Cl)cn1. The zero-order valence-corrected chi connectivity index (χ0v) is 13.3. The predicted molar refractivity (Wildman–Crippen MR) is 85.6 cm³/mol. The molecule has 0 fully saturated rings. The van der Waals surface area contributed by atoms with Crippen LogP contribution < -0.4 is 10.6 Å². The first kappa shape index (κ1) is 14.8. The summed E-state index contributed by atoms with van der Waals surface area (Å²) in [5.41, 5.74) is 2.14. The van der Waals surface area contributed by atoms with Crippen LogP contribution >= 0.6 is 27.5 Å². The van der Waals surface area contributed by atoms with Crippen LogP contribution in [0.1, 0.15) is 15.9 Å². The van der Waals surface area contributed by atoms with E-state index < -0.39 is 0 Å². The molecule has 20 heavy (non-hydrogen) atoms. The van der Waals surface area contributed by atoms with Gasteiger partial charge in [-0.3, -0.25) is 4.79 Å². The lowest BCUT2D eigenvalue weighted by Crippen LogP contribution is -2.13. The van der Waals surface area contributed by atoms with E-state index in [1.807, 2.05) is 25.1 Å². The number of nitrogens with zero attached hydrogens (tertiary/aromatic N) is 1. The molecule has 0 spiro atoms. The number of benzene rings is 1. The lowest BCUT2D eigenvalue weighted by molar-refractivity contribution is 0.102. The summed E-state index contributed by atoms with van der Waals surface area (Å²) >= 11 is 9.43. The number of amides is 1. The van der Waals surface area contributed by atoms with Crippen molar-refractivity contribution in [3.05, 3.63) is 51.1 Å². The highest BCUT2D eigenvalue weighted by molar-refractivity contribution is 9.10. The van der Waals surface area contributed by atoms with Gasteiger partial charge >= 0.3 is 0 Å². The normalized spacial score (nSPS) is 10.2. The minimum absolute atomic E-state index is 0.268. The molecule has 0 aliphatic carbocycles. The van der Waals surface area contributed by atoms with Crippen LogP contribution in [0.5, 0.6) is 0 Å². The number of hydrogen-bond donors (Lipinski definition) is 2. The Balaban J connectivity index is 2.25. The molecule has 0 aliphatic heterocycles. The molecule has 0 saturated carbocycles. The summed E-state index contributed by atoms with van der Waals surface area (Å²) in [6.07, 6.45) is 1.45. The predicted octanol–water partition coefficient (Wildman–Crippen LogP) is 4.10. The van der Waals surface area contributed by atoms with Gasteiger partial charge < -0.3 is 10.6 Å². The van der Waals surface area contributed by atoms with Gasteiger partial charge in [0.1, 0.15) is 5.82 Å². The Labute approximate surface area is 130 Å². The maximum absolute atomic E-state index is 12.2. The smallest absolute Gasteiger partial charge is 0.257 e. The van der Waals surface area contributed by atoms with Gasteiger partial charge in [0.15, 0.2) is 0 Å². The summed E-state index contributed by atoms with van der Waals surface area (Å²) < 4.78 is 0.995. The molecule has 4 nitrogen and oxygen atoms in total. The van der Waals surface area contributed by atoms with Gasteiger partial charge in [0.25, 0.3) is 5.91 Å². The number of carbonyl (C=O) groups excluding carboxylic acids is 1. The van der Waals surface area contributed by atoms with Crippen molar-refractivity contribution in [2.75, 3.05) is 17.7 Å². The van der Waals surface area contributed by atoms with Crippen molar-refractivity contribution in [1.29, 1.82) is 0 Å². The Morgan fingerprint density at radius 2 is 2.10 bits per heavy atom. The largest absolute Gasteiger partial charge is 0.373 e. The highest BCUT2D eigenvalue weighted by Gasteiger charge is 2.12. The molecule has 0 saturated heterocycles. The Morgan fingerprint density at radius 3 is 2.75 bits per heavy atom. The number of hydrogen-bond acceptors (Lipinski definition) is 3. The molecule has 1 aromatic heterocycles. The van der Waals surface area contributed by atoms with Gasteiger partial charge in [-0.15, -0.1) is 0 Å². The van der Waals surface area contributed by atoms with E-state index in [0.29, 0.717) is 16.4 Å². The summed E-state index contributed by atoms with van der Waals surface area (Å²) in [6, 6.07) is 7.21. The van der Waals surface area contributed by atoms with Crippen molar-refractivity contribution >= 4 is 44.9 Å². The minimum atomic E-state index is -0.268. The molecule has 2 N–H and O–H groups in total. The first-order chi connectivity index (χ1) is 9.51. The maximum Gasteiger partial charge on any atom is 0.257 e. The van der Waals surface area contributed by atoms with E-state index in [2.05, 4.69) is 31.5 Å². The van der Waals surface area contributed by atoms with Crippen molar-refractivity contribution in [3.8, 4) is 0 Å². The standard InChI is InChI=1S/C14H13BrClN3O/c1-8-5-9(3-4-11(8)15)19-14(20)10-6-13(17-2)18-7-12(10)16/h3-7H,1-2H3,(H,17,18)(H,19,20). The molecule has 2 aromatic rings. The van der Waals surface area contributed by atoms with Crippen molar-refractivity contribution in [2.45, 2.75) is 6.92 Å². The number of carbonyl (C=O) groups is 1. The molecular weight excluding hydrogens is 342 g/mol. The van der Waals surface area contributed by atoms with Gasteiger partial charge in [-0.25, -0.2) is 4.98 Å². The zero-order chi connectivity index (χ0) is 14.7. The van der Waals surface area contributed by atoms with Gasteiger partial charge in [-0.05, 0) is 36.8 Å². The lowest BCUT2D eigenvalue weighted by Gasteiger charge is -2.09. The van der Waals surface area contributed by atoms with Crippen LogP contribution in [-0.4, -0.2) is 17.9 Å². The van der Waals surface area contributed by atoms with E-state index in [1.165, 1.54) is 6.20 Å². The molecule has 0 atom stereocenters. The molecule has 1 amide bonds. The van der Waals surface area contributed by atoms with Crippen LogP contribution in [0.4, 0.5) is 11.5 Å². The third-order valence-corrected chi connectivity index (χ3v) is 3.96. The molecule has 0 unspecified atom stereocenters. The summed E-state index contributed by atoms with van der Waals surface area (Å²) in [7, 11) is 1.73. The summed E-state index contributed by atoms with van der Waals surface area (Å²) in [5, 5.41) is 6.01. The lowest BCUT2D eigenvalue weighted by atomic mass is 10.2. The monoisotopic (exact) mass is 353 g/mol. The van der Waals surface area contributed by atoms with Gasteiger partial charge in [-0.2, -0.15) is 0 Å². The molecule has 1 aromatic carbocycles. The van der Waals surface area contributed by atoms with Gasteiger partial charge in [-0.1, -0.05) is 27.5 Å². The Bertz CT molecular complexity index is 661. The van der Waals surface area contributed by atoms with E-state index in [-0.39, 0.29) is 5.91 Å². The summed E-state index contributed by atoms with van der Waals surface area (Å²) in [4.78, 5) is 16.3. The third-order valence-electron chi connectivity index (χ3n) is 2.77. The fourth-order valence-corrected chi connectivity index (χ4v) is 2.11. The Kier molecular flexibility index (Phi) is 4.62. The van der Waals surface area contributed by atoms with Crippen molar-refractivity contribution in [3.63, 3.8) is 0 Å². The first-order valence-corrected chi connectivity index (χ1v) is 7.09. The fraction of sp³-hybridized carbons (Fsp3) is 0.143. The van der Waals surface area contributed by atoms with Gasteiger partial charge in [0.05, 0.1) is 10.6 Å². The fourth-order valence-electron chi connectivity index (χ4n) is 1.67. The molecule has 0 bridgehead atoms. The number of anilines is 2. The second-order valence-corrected chi connectivity index (χ2v) is 5.48. The van der Waals surface area contributed by atoms with Gasteiger partial charge in [0.2, 0.25) is 0 Å². The second kappa shape index (κ2) is 6.24. The number of aryl methyl sites for hydroxylation is 1. The van der Waals surface area contributed by atoms with Crippen molar-refractivity contribution < 1.29 is 4.79 Å². The van der Waals surface area contributed by atoms with E-state index in [0.717, 1.165) is 15.7 Å². The van der Waals surface area contributed by atoms with Crippen molar-refractivity contribution in [2.24, 2.45) is 0 Å². The molecule has 0 radical (unpaired) electrons. The zero-order valence-electron chi connectivity index (χ0n) is 11.0. The van der Waals surface area contributed by atoms with E-state index in [9.17, 15) is 4.79 Å². The third kappa shape index (κ3) is 3.29. The second-order valence-electron chi connectivity index (χ2n) is 4.22. The minimum Gasteiger partial charge on any atom is -0.373 e. The van der Waals surface area contributed by atoms with Crippen LogP contribution in [0.15, 0.2) is 34.9 Å². The van der Waals surface area contributed by atoms with Crippen LogP contribution in [0, 0.1) is 6.92 Å². The quantitative estimate of drug-likeness (QED) is 0.872. The first-order valence-electron chi connectivity index (χ1n) is 5.92. The number of rotatable bonds is 3. The van der Waals surface area contributed by atoms with Crippen molar-refractivity contribution in [1.82, 2.24) is 4.98 Å². The Hall–Kier alpha value is -1.59. The van der Waals surface area contributed by atoms with E-state index >= 15 is 0 Å². The van der Waals surface area contributed by atoms with E-state index in [4.69, 9.17) is 11.6 Å². The maximum atomic E-state index is 12.2. The highest BCUT2D eigenvalue weighted by atomic mass is 79.9. The molecule has 2 rings (SSSR count). The number of aromatic nitrogens is 1. The number of nitrogens with one attached hydrogen (secondary N) is 2. The van der Waals surface area contributed by atoms with Crippen LogP contribution in [0.25, 0.3) is 0 Å². The highest BCUT2D eigenvalue weighted by Crippen LogP contribution is 2.22. The van der Waals surface area contributed by atoms with Crippen LogP contribution in [0.3, 0.4) is 0 Å². The number of pyridine rings is 1. The van der Waals surface area contributed by atoms with Crippen LogP contribution in [0.2, 0.25) is 5.02 Å². The topological polar surface area (TPSA) is 54.0 Å². The van der Waals surface area contributed by atoms with Gasteiger partial charge in [0, 0.05) is 23.4 Å². The molecule has 104 valence electrons. The average molecular weight is 355 g/mol. The molecule has 6 heteroatoms. The number of halogens is 2. The Morgan fingerprint density at radius 1 is 1.35 bits per heavy atom.